The first-order chi connectivity index (χ1) is 9.47. The van der Waals surface area contributed by atoms with Gasteiger partial charge in [0, 0.05) is 18.2 Å². The van der Waals surface area contributed by atoms with E-state index in [1.165, 1.54) is 20.1 Å². The molecule has 1 aromatic carbocycles. The van der Waals surface area contributed by atoms with Crippen LogP contribution in [-0.2, 0) is 0 Å². The maximum Gasteiger partial charge on any atom is 0.165 e. The highest BCUT2D eigenvalue weighted by atomic mass is 19.1. The van der Waals surface area contributed by atoms with Gasteiger partial charge in [-0.15, -0.1) is 0 Å². The third kappa shape index (κ3) is 2.79. The van der Waals surface area contributed by atoms with Gasteiger partial charge in [0.15, 0.2) is 11.6 Å². The van der Waals surface area contributed by atoms with E-state index in [1.807, 2.05) is 7.05 Å². The molecule has 3 nitrogen and oxygen atoms in total. The Morgan fingerprint density at radius 2 is 2.20 bits per heavy atom. The Balaban J connectivity index is 2.43. The lowest BCUT2D eigenvalue weighted by Crippen LogP contribution is -2.21. The normalized spacial score (nSPS) is 24.9. The number of hydrogen-bond donors (Lipinski definition) is 1. The van der Waals surface area contributed by atoms with E-state index in [4.69, 9.17) is 10.5 Å². The van der Waals surface area contributed by atoms with Gasteiger partial charge in [-0.25, -0.2) is 8.78 Å². The number of halogens is 2. The molecule has 0 aliphatic carbocycles. The van der Waals surface area contributed by atoms with Crippen LogP contribution in [0.1, 0.15) is 36.7 Å². The topological polar surface area (TPSA) is 38.5 Å². The van der Waals surface area contributed by atoms with Crippen LogP contribution < -0.4 is 10.5 Å². The van der Waals surface area contributed by atoms with E-state index >= 15 is 0 Å². The SMILES string of the molecule is COc1c(F)cc(C(C)F)cc1C1CC(CN)CN1C. The van der Waals surface area contributed by atoms with Crippen molar-refractivity contribution in [3.05, 3.63) is 29.1 Å². The Bertz CT molecular complexity index is 479. The van der Waals surface area contributed by atoms with Gasteiger partial charge in [0.05, 0.1) is 7.11 Å². The number of methoxy groups -OCH3 is 1. The average Bonchev–Trinajstić information content (AvgIpc) is 2.78. The molecule has 2 rings (SSSR count). The summed E-state index contributed by atoms with van der Waals surface area (Å²) in [6.07, 6.45) is -0.362. The summed E-state index contributed by atoms with van der Waals surface area (Å²) in [5.74, 6) is 0.0854. The van der Waals surface area contributed by atoms with Crippen molar-refractivity contribution in [2.75, 3.05) is 27.2 Å². The van der Waals surface area contributed by atoms with Crippen LogP contribution in [0.4, 0.5) is 8.78 Å². The van der Waals surface area contributed by atoms with E-state index < -0.39 is 12.0 Å². The largest absolute Gasteiger partial charge is 0.493 e. The summed E-state index contributed by atoms with van der Waals surface area (Å²) >= 11 is 0. The van der Waals surface area contributed by atoms with Crippen LogP contribution in [0.25, 0.3) is 0 Å². The van der Waals surface area contributed by atoms with Gasteiger partial charge < -0.3 is 10.5 Å². The smallest absolute Gasteiger partial charge is 0.165 e. The van der Waals surface area contributed by atoms with Crippen molar-refractivity contribution in [2.45, 2.75) is 25.6 Å². The fourth-order valence-electron chi connectivity index (χ4n) is 2.97. The van der Waals surface area contributed by atoms with E-state index in [0.717, 1.165) is 13.0 Å². The van der Waals surface area contributed by atoms with Gasteiger partial charge in [-0.2, -0.15) is 0 Å². The zero-order chi connectivity index (χ0) is 14.9. The molecule has 5 heteroatoms. The summed E-state index contributed by atoms with van der Waals surface area (Å²) in [4.78, 5) is 2.13. The second-order valence-corrected chi connectivity index (χ2v) is 5.53. The molecular formula is C15H22F2N2O. The van der Waals surface area contributed by atoms with Crippen LogP contribution in [0.3, 0.4) is 0 Å². The van der Waals surface area contributed by atoms with Crippen molar-refractivity contribution in [2.24, 2.45) is 11.7 Å². The second-order valence-electron chi connectivity index (χ2n) is 5.53. The number of ether oxygens (including phenoxy) is 1. The molecule has 0 radical (unpaired) electrons. The first-order valence-electron chi connectivity index (χ1n) is 6.89. The quantitative estimate of drug-likeness (QED) is 0.924. The number of nitrogens with two attached hydrogens (primary N) is 1. The molecule has 0 bridgehead atoms. The summed E-state index contributed by atoms with van der Waals surface area (Å²) in [5, 5.41) is 0. The highest BCUT2D eigenvalue weighted by Gasteiger charge is 2.33. The predicted octanol–water partition coefficient (Wildman–Crippen LogP) is 2.82. The number of alkyl halides is 1. The summed E-state index contributed by atoms with van der Waals surface area (Å²) in [7, 11) is 3.42. The van der Waals surface area contributed by atoms with Crippen LogP contribution in [0.2, 0.25) is 0 Å². The monoisotopic (exact) mass is 284 g/mol. The van der Waals surface area contributed by atoms with Crippen LogP contribution in [0.5, 0.6) is 5.75 Å². The lowest BCUT2D eigenvalue weighted by molar-refractivity contribution is 0.296. The van der Waals surface area contributed by atoms with Crippen molar-refractivity contribution >= 4 is 0 Å². The lowest BCUT2D eigenvalue weighted by atomic mass is 9.96. The minimum Gasteiger partial charge on any atom is -0.493 e. The van der Waals surface area contributed by atoms with Crippen molar-refractivity contribution in [1.82, 2.24) is 4.90 Å². The van der Waals surface area contributed by atoms with Crippen LogP contribution in [0, 0.1) is 11.7 Å². The Morgan fingerprint density at radius 3 is 2.70 bits per heavy atom. The molecule has 1 fully saturated rings. The molecule has 0 amide bonds. The van der Waals surface area contributed by atoms with E-state index in [1.54, 1.807) is 6.07 Å². The molecule has 0 saturated carbocycles. The highest BCUT2D eigenvalue weighted by molar-refractivity contribution is 5.42. The summed E-state index contributed by atoms with van der Waals surface area (Å²) < 4.78 is 32.8. The van der Waals surface area contributed by atoms with Gasteiger partial charge in [-0.3, -0.25) is 4.90 Å². The molecule has 20 heavy (non-hydrogen) atoms. The van der Waals surface area contributed by atoms with Crippen molar-refractivity contribution in [1.29, 1.82) is 0 Å². The maximum atomic E-state index is 14.1. The summed E-state index contributed by atoms with van der Waals surface area (Å²) in [5.41, 5.74) is 6.79. The molecule has 1 aromatic rings. The third-order valence-electron chi connectivity index (χ3n) is 4.09. The van der Waals surface area contributed by atoms with Crippen LogP contribution >= 0.6 is 0 Å². The van der Waals surface area contributed by atoms with Crippen LogP contribution in [-0.4, -0.2) is 32.1 Å². The highest BCUT2D eigenvalue weighted by Crippen LogP contribution is 2.40. The third-order valence-corrected chi connectivity index (χ3v) is 4.09. The maximum absolute atomic E-state index is 14.1. The fraction of sp³-hybridized carbons (Fsp3) is 0.600. The van der Waals surface area contributed by atoms with Gasteiger partial charge in [0.25, 0.3) is 0 Å². The molecule has 3 atom stereocenters. The number of hydrogen-bond acceptors (Lipinski definition) is 3. The van der Waals surface area contributed by atoms with Crippen molar-refractivity contribution in [3.8, 4) is 5.75 Å². The molecule has 1 heterocycles. The number of rotatable bonds is 4. The molecule has 1 aliphatic rings. The zero-order valence-electron chi connectivity index (χ0n) is 12.2. The van der Waals surface area contributed by atoms with Gasteiger partial charge in [0.2, 0.25) is 0 Å². The average molecular weight is 284 g/mol. The van der Waals surface area contributed by atoms with E-state index in [-0.39, 0.29) is 11.8 Å². The molecule has 1 aliphatic heterocycles. The Kier molecular flexibility index (Phi) is 4.60. The second kappa shape index (κ2) is 6.06. The number of benzene rings is 1. The predicted molar refractivity (Wildman–Crippen MR) is 75.0 cm³/mol. The first-order valence-corrected chi connectivity index (χ1v) is 6.89. The van der Waals surface area contributed by atoms with Crippen molar-refractivity contribution < 1.29 is 13.5 Å². The zero-order valence-corrected chi connectivity index (χ0v) is 12.2. The molecular weight excluding hydrogens is 262 g/mol. The van der Waals surface area contributed by atoms with Gasteiger partial charge in [-0.1, -0.05) is 0 Å². The Labute approximate surface area is 118 Å². The van der Waals surface area contributed by atoms with Gasteiger partial charge >= 0.3 is 0 Å². The molecule has 0 aromatic heterocycles. The van der Waals surface area contributed by atoms with E-state index in [0.29, 0.717) is 23.6 Å². The fourth-order valence-corrected chi connectivity index (χ4v) is 2.97. The standard InChI is InChI=1S/C15H22F2N2O/c1-9(16)11-5-12(15(20-3)13(17)6-11)14-4-10(7-18)8-19(14)2/h5-6,9-10,14H,4,7-8,18H2,1-3H3. The lowest BCUT2D eigenvalue weighted by Gasteiger charge is -2.23. The molecule has 0 spiro atoms. The molecule has 3 unspecified atom stereocenters. The number of likely N-dealkylation sites (tertiary alicyclic amines) is 1. The van der Waals surface area contributed by atoms with Crippen molar-refractivity contribution in [3.63, 3.8) is 0 Å². The summed E-state index contributed by atoms with van der Waals surface area (Å²) in [6.45, 7) is 2.87. The van der Waals surface area contributed by atoms with E-state index in [2.05, 4.69) is 4.90 Å². The van der Waals surface area contributed by atoms with Crippen LogP contribution in [0.15, 0.2) is 12.1 Å². The molecule has 112 valence electrons. The minimum absolute atomic E-state index is 0.0201. The number of nitrogens with zero attached hydrogens (tertiary/aromatic N) is 1. The minimum atomic E-state index is -1.20. The summed E-state index contributed by atoms with van der Waals surface area (Å²) in [6, 6.07) is 2.95. The van der Waals surface area contributed by atoms with Gasteiger partial charge in [0.1, 0.15) is 6.17 Å². The van der Waals surface area contributed by atoms with E-state index in [9.17, 15) is 8.78 Å². The Morgan fingerprint density at radius 1 is 1.50 bits per heavy atom. The molecule has 1 saturated heterocycles. The molecule has 2 N–H and O–H groups in total. The van der Waals surface area contributed by atoms with Gasteiger partial charge in [-0.05, 0) is 50.6 Å². The Hall–Kier alpha value is -1.20. The first kappa shape index (κ1) is 15.2.